The molecule has 4 aromatic heterocycles. The SMILES string of the molecule is COc1cc2c(N)nc(-c3ccc(Br)c(Cl)c3F)nc2cc1OCC1C[C@H]2CNC[C@H]2C1.COc1cc2c(Nc3ccc(Br)c(Cl)c3F)ncnc2cc1OCC1C[C@@H]2CN(C(C)=O)C[C@@H]2C1.COc1cc2c(Nc3ccc(Br)c(Cl)c3F)ncnc2cc1OCC1C[C@@H]2CN(C(C)C)C[C@@H]2C1.COc1nc(N)c2ccccc2n1. The summed E-state index contributed by atoms with van der Waals surface area (Å²) in [5, 5.41) is 12.3. The number of carbonyl (C=O) groups is 1. The molecule has 7 aromatic carbocycles. The van der Waals surface area contributed by atoms with Crippen LogP contribution in [0, 0.1) is 70.7 Å². The summed E-state index contributed by atoms with van der Waals surface area (Å²) in [5.41, 5.74) is 15.2. The third-order valence-electron chi connectivity index (χ3n) is 22.6. The minimum atomic E-state index is -0.606. The van der Waals surface area contributed by atoms with Crippen LogP contribution in [0.2, 0.25) is 15.1 Å². The number of para-hydroxylation sites is 1. The van der Waals surface area contributed by atoms with Crippen LogP contribution in [0.1, 0.15) is 59.3 Å². The first-order chi connectivity index (χ1) is 55.4. The van der Waals surface area contributed by atoms with Gasteiger partial charge in [-0.2, -0.15) is 9.97 Å². The van der Waals surface area contributed by atoms with Crippen molar-refractivity contribution >= 4 is 167 Å². The number of rotatable bonds is 19. The lowest BCUT2D eigenvalue weighted by atomic mass is 10.0. The third kappa shape index (κ3) is 18.5. The molecule has 3 saturated heterocycles. The predicted octanol–water partition coefficient (Wildman–Crippen LogP) is 18.8. The summed E-state index contributed by atoms with van der Waals surface area (Å²) >= 11 is 27.8. The summed E-state index contributed by atoms with van der Waals surface area (Å²) < 4.78 is 85.7. The van der Waals surface area contributed by atoms with Gasteiger partial charge in [-0.3, -0.25) is 4.79 Å². The third-order valence-corrected chi connectivity index (χ3v) is 26.4. The van der Waals surface area contributed by atoms with E-state index in [4.69, 9.17) is 79.4 Å². The largest absolute Gasteiger partial charge is 0.493 e. The average molecular weight is 1820 g/mol. The van der Waals surface area contributed by atoms with Crippen LogP contribution >= 0.6 is 82.6 Å². The topological polar surface area (TPSA) is 279 Å². The Labute approximate surface area is 703 Å². The van der Waals surface area contributed by atoms with E-state index in [0.717, 1.165) is 73.6 Å². The number of nitrogens with two attached hydrogens (primary N) is 2. The summed E-state index contributed by atoms with van der Waals surface area (Å²) in [7, 11) is 6.29. The molecule has 3 aliphatic heterocycles. The van der Waals surface area contributed by atoms with Crippen LogP contribution in [0.5, 0.6) is 40.5 Å². The first kappa shape index (κ1) is 82.7. The zero-order valence-electron chi connectivity index (χ0n) is 64.1. The molecule has 11 aromatic rings. The molecule has 0 spiro atoms. The van der Waals surface area contributed by atoms with E-state index in [2.05, 4.69) is 122 Å². The van der Waals surface area contributed by atoms with Gasteiger partial charge in [0.2, 0.25) is 5.91 Å². The fraction of sp³-hybridized carbons (Fsp3) is 0.386. The number of hydrogen-bond donors (Lipinski definition) is 5. The number of hydrogen-bond acceptors (Lipinski definition) is 22. The van der Waals surface area contributed by atoms with Crippen LogP contribution in [-0.4, -0.2) is 149 Å². The molecule has 7 N–H and O–H groups in total. The number of ether oxygens (including phenoxy) is 7. The number of halogens is 9. The van der Waals surface area contributed by atoms with E-state index in [1.807, 2.05) is 47.4 Å². The van der Waals surface area contributed by atoms with E-state index >= 15 is 0 Å². The van der Waals surface area contributed by atoms with E-state index in [0.29, 0.717) is 160 Å². The normalized spacial score (nSPS) is 20.6. The van der Waals surface area contributed by atoms with Gasteiger partial charge in [-0.05, 0) is 233 Å². The fourth-order valence-corrected chi connectivity index (χ4v) is 18.1. The molecule has 17 rings (SSSR count). The molecule has 0 bridgehead atoms. The van der Waals surface area contributed by atoms with Gasteiger partial charge in [0.05, 0.1) is 102 Å². The molecular formula is C83H86Br3Cl3F3N15O8. The number of nitrogens with one attached hydrogen (secondary N) is 3. The molecule has 7 heterocycles. The highest BCUT2D eigenvalue weighted by Gasteiger charge is 2.44. The predicted molar refractivity (Wildman–Crippen MR) is 454 cm³/mol. The Bertz CT molecular complexity index is 5410. The van der Waals surface area contributed by atoms with E-state index in [9.17, 15) is 18.0 Å². The Morgan fingerprint density at radius 3 is 1.41 bits per heavy atom. The molecule has 6 aliphatic rings. The second-order valence-electron chi connectivity index (χ2n) is 30.1. The lowest BCUT2D eigenvalue weighted by Gasteiger charge is -2.22. The number of methoxy groups -OCH3 is 4. The molecule has 115 heavy (non-hydrogen) atoms. The Kier molecular flexibility index (Phi) is 26.2. The van der Waals surface area contributed by atoms with Crippen LogP contribution in [0.25, 0.3) is 55.0 Å². The van der Waals surface area contributed by atoms with Gasteiger partial charge in [-0.15, -0.1) is 0 Å². The minimum absolute atomic E-state index is 0.00770. The standard InChI is InChI=1S/C26H29BrClFN4O2.C25H25BrClFN4O3.C23H23BrClFN4O2.C9H9N3O/c1-14(2)33-10-16-6-15(7-17(16)11-33)12-35-23-9-21-18(8-22(23)34-3)26(31-13-30-21)32-20-5-4-19(27)24(28)25(20)29;1-13(33)32-9-15-5-14(6-16(15)10-32)11-35-22-8-20-17(7-21(22)34-2)25(30-12-29-20)31-19-4-3-18(26)23(27)24(19)28;1-31-18-6-15-17(7-19(18)32-10-11-4-12-8-28-9-13(12)5-11)29-23(30-22(15)27)14-2-3-16(24)20(25)21(14)26;1-13-9-11-7-5-3-2-4-6(7)8(10)12-9/h4-5,8-9,13-17H,6-7,10-12H2,1-3H3,(H,30,31,32);3-4,7-8,12,14-16H,5-6,9-11H2,1-2H3,(H,29,30,31);2-3,6-7,11-13,28H,4-5,8-10H2,1H3,(H2,27,29,30);2-5H,1H3,(H2,10,11,12)/t15?,16-,17+;14?,15-,16+;11?,12-,13+;. The van der Waals surface area contributed by atoms with Crippen LogP contribution in [0.15, 0.2) is 123 Å². The first-order valence-corrected chi connectivity index (χ1v) is 41.3. The molecule has 3 aliphatic carbocycles. The number of nitrogens with zero attached hydrogens (tertiary/aromatic N) is 10. The Balaban J connectivity index is 0.000000132. The first-order valence-electron chi connectivity index (χ1n) is 37.8. The van der Waals surface area contributed by atoms with Crippen LogP contribution in [0.3, 0.4) is 0 Å². The smallest absolute Gasteiger partial charge is 0.318 e. The van der Waals surface area contributed by atoms with Crippen molar-refractivity contribution < 1.29 is 51.1 Å². The summed E-state index contributed by atoms with van der Waals surface area (Å²) in [5.74, 6) is 9.38. The highest BCUT2D eigenvalue weighted by Crippen LogP contribution is 2.47. The van der Waals surface area contributed by atoms with Crippen molar-refractivity contribution in [2.75, 3.05) is 110 Å². The van der Waals surface area contributed by atoms with Gasteiger partial charge in [-0.25, -0.2) is 43.1 Å². The van der Waals surface area contributed by atoms with Gasteiger partial charge in [0.1, 0.15) is 35.9 Å². The summed E-state index contributed by atoms with van der Waals surface area (Å²) in [4.78, 5) is 50.6. The van der Waals surface area contributed by atoms with Gasteiger partial charge in [-0.1, -0.05) is 46.9 Å². The molecule has 23 nitrogen and oxygen atoms in total. The number of anilines is 6. The summed E-state index contributed by atoms with van der Waals surface area (Å²) in [6, 6.07) is 29.1. The molecule has 9 atom stereocenters. The van der Waals surface area contributed by atoms with Crippen molar-refractivity contribution in [1.82, 2.24) is 55.0 Å². The van der Waals surface area contributed by atoms with Gasteiger partial charge in [0.15, 0.2) is 57.8 Å². The molecule has 1 amide bonds. The molecule has 604 valence electrons. The average Bonchev–Trinajstić information content (AvgIpc) is 0.884. The lowest BCUT2D eigenvalue weighted by Crippen LogP contribution is -2.29. The highest BCUT2D eigenvalue weighted by molar-refractivity contribution is 9.11. The quantitative estimate of drug-likeness (QED) is 0.0470. The van der Waals surface area contributed by atoms with Crippen molar-refractivity contribution in [3.8, 4) is 51.9 Å². The van der Waals surface area contributed by atoms with E-state index in [1.54, 1.807) is 82.9 Å². The summed E-state index contributed by atoms with van der Waals surface area (Å²) in [6.07, 6.45) is 9.75. The Morgan fingerprint density at radius 1 is 0.504 bits per heavy atom. The summed E-state index contributed by atoms with van der Waals surface area (Å²) in [6.45, 7) is 14.4. The zero-order chi connectivity index (χ0) is 81.0. The highest BCUT2D eigenvalue weighted by atomic mass is 79.9. The van der Waals surface area contributed by atoms with Gasteiger partial charge in [0.25, 0.3) is 0 Å². The fourth-order valence-electron chi connectivity index (χ4n) is 16.7. The van der Waals surface area contributed by atoms with E-state index in [1.165, 1.54) is 58.5 Å². The van der Waals surface area contributed by atoms with Gasteiger partial charge >= 0.3 is 6.01 Å². The Morgan fingerprint density at radius 2 is 0.939 bits per heavy atom. The maximum atomic E-state index is 14.7. The second kappa shape index (κ2) is 36.4. The zero-order valence-corrected chi connectivity index (χ0v) is 71.1. The Hall–Kier alpha value is -8.81. The molecule has 0 radical (unpaired) electrons. The van der Waals surface area contributed by atoms with E-state index in [-0.39, 0.29) is 49.6 Å². The van der Waals surface area contributed by atoms with Crippen LogP contribution < -0.4 is 60.6 Å². The second-order valence-corrected chi connectivity index (χ2v) is 33.8. The number of fused-ring (bicyclic) bond motifs is 7. The maximum Gasteiger partial charge on any atom is 0.318 e. The van der Waals surface area contributed by atoms with Crippen molar-refractivity contribution in [2.45, 2.75) is 65.3 Å². The van der Waals surface area contributed by atoms with Gasteiger partial charge in [0, 0.05) is 92.3 Å². The number of nitrogen functional groups attached to an aromatic ring is 2. The van der Waals surface area contributed by atoms with E-state index < -0.39 is 17.5 Å². The minimum Gasteiger partial charge on any atom is -0.493 e. The molecule has 3 saturated carbocycles. The molecule has 32 heteroatoms. The van der Waals surface area contributed by atoms with Crippen molar-refractivity contribution in [2.24, 2.45) is 53.3 Å². The van der Waals surface area contributed by atoms with Crippen LogP contribution in [0.4, 0.5) is 47.8 Å². The van der Waals surface area contributed by atoms with Crippen molar-refractivity contribution in [1.29, 1.82) is 0 Å². The lowest BCUT2D eigenvalue weighted by molar-refractivity contribution is -0.128. The maximum absolute atomic E-state index is 14.7. The van der Waals surface area contributed by atoms with Crippen molar-refractivity contribution in [3.63, 3.8) is 0 Å². The van der Waals surface area contributed by atoms with Crippen LogP contribution in [-0.2, 0) is 4.79 Å². The number of carbonyl (C=O) groups excluding carboxylic acids is 1. The molecule has 6 fully saturated rings. The number of aromatic nitrogens is 8. The van der Waals surface area contributed by atoms with Crippen molar-refractivity contribution in [3.05, 3.63) is 156 Å². The van der Waals surface area contributed by atoms with Gasteiger partial charge < -0.3 is 70.4 Å². The number of likely N-dealkylation sites (tertiary alicyclic amines) is 2. The number of benzene rings is 7. The molecule has 3 unspecified atom stereocenters. The number of amides is 1. The monoisotopic (exact) mass is 1820 g/mol. The molecular weight excluding hydrogens is 1740 g/mol.